The summed E-state index contributed by atoms with van der Waals surface area (Å²) >= 11 is 1.53. The minimum Gasteiger partial charge on any atom is -0.481 e. The van der Waals surface area contributed by atoms with Crippen LogP contribution in [0.5, 0.6) is 0 Å². The van der Waals surface area contributed by atoms with Gasteiger partial charge in [0, 0.05) is 29.4 Å². The number of carboxylic acids is 1. The fraction of sp³-hybridized carbons (Fsp3) is 0.308. The van der Waals surface area contributed by atoms with E-state index in [1.165, 1.54) is 11.3 Å². The fourth-order valence-electron chi connectivity index (χ4n) is 1.69. The van der Waals surface area contributed by atoms with E-state index < -0.39 is 5.97 Å². The van der Waals surface area contributed by atoms with Crippen molar-refractivity contribution in [2.45, 2.75) is 13.0 Å². The first-order valence-electron chi connectivity index (χ1n) is 5.81. The molecule has 2 rings (SSSR count). The molecule has 5 nitrogen and oxygen atoms in total. The summed E-state index contributed by atoms with van der Waals surface area (Å²) in [6.45, 7) is 0.695. The maximum Gasteiger partial charge on any atom is 0.309 e. The lowest BCUT2D eigenvalue weighted by Crippen LogP contribution is -2.12. The van der Waals surface area contributed by atoms with Crippen LogP contribution >= 0.6 is 11.3 Å². The van der Waals surface area contributed by atoms with E-state index in [0.717, 1.165) is 15.4 Å². The highest BCUT2D eigenvalue weighted by Crippen LogP contribution is 2.28. The lowest BCUT2D eigenvalue weighted by Gasteiger charge is -2.07. The molecule has 0 saturated heterocycles. The predicted molar refractivity (Wildman–Crippen MR) is 74.1 cm³/mol. The zero-order chi connectivity index (χ0) is 13.8. The van der Waals surface area contributed by atoms with Gasteiger partial charge in [-0.1, -0.05) is 0 Å². The molecule has 19 heavy (non-hydrogen) atoms. The number of hydrogen-bond acceptors (Lipinski definition) is 5. The molecule has 6 heteroatoms. The number of carboxylic acid groups (broad SMARTS) is 1. The molecule has 0 aromatic carbocycles. The molecular weight excluding hydrogens is 262 g/mol. The Labute approximate surface area is 115 Å². The van der Waals surface area contributed by atoms with Gasteiger partial charge in [0.05, 0.1) is 12.1 Å². The minimum atomic E-state index is -0.858. The number of carbonyl (C=O) groups is 1. The Bertz CT molecular complexity index is 567. The third-order valence-corrected chi connectivity index (χ3v) is 3.60. The highest BCUT2D eigenvalue weighted by Gasteiger charge is 2.15. The standard InChI is InChI=1S/C13H15N3O2S/c1-16(2)8-11-10(6-12(17)18)15-13(19-11)9-4-3-5-14-7-9/h3-5,7H,6,8H2,1-2H3,(H,17,18). The average Bonchev–Trinajstić information content (AvgIpc) is 2.72. The number of pyridine rings is 1. The van der Waals surface area contributed by atoms with Crippen LogP contribution in [0.1, 0.15) is 10.6 Å². The lowest BCUT2D eigenvalue weighted by molar-refractivity contribution is -0.136. The summed E-state index contributed by atoms with van der Waals surface area (Å²) in [6, 6.07) is 3.77. The number of hydrogen-bond donors (Lipinski definition) is 1. The highest BCUT2D eigenvalue weighted by molar-refractivity contribution is 7.15. The summed E-state index contributed by atoms with van der Waals surface area (Å²) in [5.41, 5.74) is 1.56. The van der Waals surface area contributed by atoms with Crippen LogP contribution in [0.4, 0.5) is 0 Å². The number of thiazole rings is 1. The van der Waals surface area contributed by atoms with Crippen molar-refractivity contribution in [3.8, 4) is 10.6 Å². The molecule has 0 bridgehead atoms. The van der Waals surface area contributed by atoms with Gasteiger partial charge in [-0.15, -0.1) is 11.3 Å². The van der Waals surface area contributed by atoms with Gasteiger partial charge in [0.1, 0.15) is 5.01 Å². The number of nitrogens with zero attached hydrogens (tertiary/aromatic N) is 3. The second-order valence-electron chi connectivity index (χ2n) is 4.44. The second-order valence-corrected chi connectivity index (χ2v) is 5.52. The van der Waals surface area contributed by atoms with Crippen molar-refractivity contribution < 1.29 is 9.90 Å². The molecule has 2 aromatic rings. The third-order valence-electron chi connectivity index (χ3n) is 2.47. The van der Waals surface area contributed by atoms with Gasteiger partial charge in [-0.05, 0) is 26.2 Å². The fourth-order valence-corrected chi connectivity index (χ4v) is 2.87. The first kappa shape index (κ1) is 13.6. The van der Waals surface area contributed by atoms with Gasteiger partial charge in [0.25, 0.3) is 0 Å². The summed E-state index contributed by atoms with van der Waals surface area (Å²) in [5, 5.41) is 9.76. The molecule has 0 atom stereocenters. The van der Waals surface area contributed by atoms with Crippen LogP contribution in [-0.4, -0.2) is 40.0 Å². The quantitative estimate of drug-likeness (QED) is 0.904. The molecule has 0 aliphatic rings. The van der Waals surface area contributed by atoms with Crippen LogP contribution in [0.3, 0.4) is 0 Å². The molecule has 0 aliphatic carbocycles. The highest BCUT2D eigenvalue weighted by atomic mass is 32.1. The summed E-state index contributed by atoms with van der Waals surface area (Å²) in [6.07, 6.45) is 3.40. The van der Waals surface area contributed by atoms with Crippen molar-refractivity contribution >= 4 is 17.3 Å². The summed E-state index contributed by atoms with van der Waals surface area (Å²) in [4.78, 5) is 22.4. The van der Waals surface area contributed by atoms with Crippen LogP contribution < -0.4 is 0 Å². The number of aliphatic carboxylic acids is 1. The van der Waals surface area contributed by atoms with Crippen LogP contribution in [-0.2, 0) is 17.8 Å². The summed E-state index contributed by atoms with van der Waals surface area (Å²) in [7, 11) is 3.90. The molecule has 0 amide bonds. The summed E-state index contributed by atoms with van der Waals surface area (Å²) in [5.74, 6) is -0.858. The van der Waals surface area contributed by atoms with Crippen LogP contribution in [0, 0.1) is 0 Å². The van der Waals surface area contributed by atoms with Crippen molar-refractivity contribution in [2.75, 3.05) is 14.1 Å². The molecule has 0 aliphatic heterocycles. The van der Waals surface area contributed by atoms with E-state index in [2.05, 4.69) is 9.97 Å². The zero-order valence-corrected chi connectivity index (χ0v) is 11.6. The Hall–Kier alpha value is -1.79. The Balaban J connectivity index is 2.36. The topological polar surface area (TPSA) is 66.3 Å². The van der Waals surface area contributed by atoms with Crippen LogP contribution in [0.25, 0.3) is 10.6 Å². The lowest BCUT2D eigenvalue weighted by atomic mass is 10.2. The first-order chi connectivity index (χ1) is 9.06. The van der Waals surface area contributed by atoms with Crippen LogP contribution in [0.2, 0.25) is 0 Å². The van der Waals surface area contributed by atoms with Gasteiger partial charge < -0.3 is 10.0 Å². The van der Waals surface area contributed by atoms with Gasteiger partial charge in [-0.25, -0.2) is 4.98 Å². The van der Waals surface area contributed by atoms with Crippen molar-refractivity contribution in [3.63, 3.8) is 0 Å². The molecule has 2 aromatic heterocycles. The third kappa shape index (κ3) is 3.59. The predicted octanol–water partition coefficient (Wildman–Crippen LogP) is 1.89. The second kappa shape index (κ2) is 5.90. The molecule has 0 fully saturated rings. The molecule has 2 heterocycles. The van der Waals surface area contributed by atoms with E-state index in [0.29, 0.717) is 12.2 Å². The Morgan fingerprint density at radius 1 is 1.47 bits per heavy atom. The molecule has 0 spiro atoms. The SMILES string of the molecule is CN(C)Cc1sc(-c2cccnc2)nc1CC(=O)O. The maximum atomic E-state index is 10.9. The maximum absolute atomic E-state index is 10.9. The van der Waals surface area contributed by atoms with E-state index in [9.17, 15) is 4.79 Å². The summed E-state index contributed by atoms with van der Waals surface area (Å²) < 4.78 is 0. The molecule has 0 radical (unpaired) electrons. The van der Waals surface area contributed by atoms with E-state index in [-0.39, 0.29) is 6.42 Å². The largest absolute Gasteiger partial charge is 0.481 e. The zero-order valence-electron chi connectivity index (χ0n) is 10.8. The van der Waals surface area contributed by atoms with E-state index >= 15 is 0 Å². The normalized spacial score (nSPS) is 10.9. The van der Waals surface area contributed by atoms with E-state index in [1.54, 1.807) is 12.4 Å². The smallest absolute Gasteiger partial charge is 0.309 e. The van der Waals surface area contributed by atoms with Crippen molar-refractivity contribution in [2.24, 2.45) is 0 Å². The number of rotatable bonds is 5. The van der Waals surface area contributed by atoms with Gasteiger partial charge in [-0.3, -0.25) is 9.78 Å². The minimum absolute atomic E-state index is 0.0417. The Morgan fingerprint density at radius 3 is 2.84 bits per heavy atom. The molecule has 100 valence electrons. The first-order valence-corrected chi connectivity index (χ1v) is 6.63. The molecule has 0 unspecified atom stereocenters. The van der Waals surface area contributed by atoms with Crippen LogP contribution in [0.15, 0.2) is 24.5 Å². The Kier molecular flexibility index (Phi) is 4.24. The average molecular weight is 277 g/mol. The van der Waals surface area contributed by atoms with Crippen molar-refractivity contribution in [1.29, 1.82) is 0 Å². The van der Waals surface area contributed by atoms with Crippen molar-refractivity contribution in [3.05, 3.63) is 35.1 Å². The molecule has 1 N–H and O–H groups in total. The molecular formula is C13H15N3O2S. The number of aromatic nitrogens is 2. The van der Waals surface area contributed by atoms with Gasteiger partial charge >= 0.3 is 5.97 Å². The van der Waals surface area contributed by atoms with Gasteiger partial charge in [0.15, 0.2) is 0 Å². The monoisotopic (exact) mass is 277 g/mol. The van der Waals surface area contributed by atoms with Crippen molar-refractivity contribution in [1.82, 2.24) is 14.9 Å². The van der Waals surface area contributed by atoms with Gasteiger partial charge in [-0.2, -0.15) is 0 Å². The van der Waals surface area contributed by atoms with E-state index in [4.69, 9.17) is 5.11 Å². The Morgan fingerprint density at radius 2 is 2.26 bits per heavy atom. The van der Waals surface area contributed by atoms with Gasteiger partial charge in [0.2, 0.25) is 0 Å². The molecule has 0 saturated carbocycles. The van der Waals surface area contributed by atoms with E-state index in [1.807, 2.05) is 31.1 Å².